The number of phosphoric ester groups is 1. The van der Waals surface area contributed by atoms with Crippen LogP contribution in [0.4, 0.5) is 0 Å². The quantitative estimate of drug-likeness (QED) is 0.0195. The Kier molecular flexibility index (Phi) is 72.3. The number of phosphoric acid groups is 1. The summed E-state index contributed by atoms with van der Waals surface area (Å²) in [4.78, 5) is 38.2. The molecule has 0 aromatic carbocycles. The summed E-state index contributed by atoms with van der Waals surface area (Å²) in [6.45, 7) is 4.04. The fourth-order valence-corrected chi connectivity index (χ4v) is 11.9. The Morgan fingerprint density at radius 2 is 0.562 bits per heavy atom. The molecule has 9 nitrogen and oxygen atoms in total. The Balaban J connectivity index is 3.95. The summed E-state index contributed by atoms with van der Waals surface area (Å²) in [7, 11) is 1.16. The molecule has 96 heavy (non-hydrogen) atoms. The van der Waals surface area contributed by atoms with E-state index in [4.69, 9.17) is 18.5 Å². The van der Waals surface area contributed by atoms with Crippen LogP contribution in [0, 0.1) is 0 Å². The average molecular weight is 1360 g/mol. The van der Waals surface area contributed by atoms with Crippen LogP contribution >= 0.6 is 7.82 Å². The van der Waals surface area contributed by atoms with Crippen molar-refractivity contribution in [2.75, 3.05) is 47.5 Å². The average Bonchev–Trinajstić information content (AvgIpc) is 1.97. The molecular formula is C86H150NO8P. The lowest BCUT2D eigenvalue weighted by Gasteiger charge is -2.28. The Morgan fingerprint density at radius 1 is 0.323 bits per heavy atom. The van der Waals surface area contributed by atoms with E-state index in [0.717, 1.165) is 116 Å². The Morgan fingerprint density at radius 3 is 0.833 bits per heavy atom. The number of carbonyl (C=O) groups is 2. The molecule has 0 fully saturated rings. The highest BCUT2D eigenvalue weighted by molar-refractivity contribution is 7.45. The van der Waals surface area contributed by atoms with E-state index in [-0.39, 0.29) is 32.0 Å². The standard InChI is InChI=1S/C86H150NO8P/c1-6-8-10-12-14-16-18-20-22-24-26-28-30-32-34-36-38-39-40-41-42-43-44-45-46-47-49-50-52-54-56-58-60-62-64-66-68-70-72-74-76-78-85(88)92-82-84(83-94-96(90,91)93-81-80-87(3,4)5)95-86(89)79-77-75-73-71-69-67-65-63-61-59-57-55-53-51-48-37-35-33-31-29-27-25-23-21-19-17-15-13-11-9-7-2/h8-11,14-17,20-23,26-29,33,35,48,51,55,57,84H,6-7,12-13,18-19,24-25,30-32,34,36-47,49-50,52-54,56,58-83H2,1-5H3/b10-8-,11-9-,16-14-,17-15-,22-20-,23-21-,28-26-,29-27-,35-33-,51-48-,57-55-. The first-order chi connectivity index (χ1) is 47.0. The maximum atomic E-state index is 12.9. The predicted octanol–water partition coefficient (Wildman–Crippen LogP) is 26.1. The molecule has 0 saturated carbocycles. The molecule has 0 rings (SSSR count). The first-order valence-electron chi connectivity index (χ1n) is 39.9. The normalized spacial score (nSPS) is 13.8. The van der Waals surface area contributed by atoms with E-state index in [1.165, 1.54) is 199 Å². The number of likely N-dealkylation sites (N-methyl/N-ethyl adjacent to an activating group) is 1. The molecule has 10 heteroatoms. The number of esters is 2. The monoisotopic (exact) mass is 1360 g/mol. The molecule has 0 heterocycles. The highest BCUT2D eigenvalue weighted by Crippen LogP contribution is 2.38. The van der Waals surface area contributed by atoms with E-state index in [0.29, 0.717) is 17.4 Å². The smallest absolute Gasteiger partial charge is 0.306 e. The van der Waals surface area contributed by atoms with Crippen LogP contribution in [0.1, 0.15) is 348 Å². The molecule has 0 amide bonds. The van der Waals surface area contributed by atoms with Crippen molar-refractivity contribution in [2.24, 2.45) is 0 Å². The van der Waals surface area contributed by atoms with Gasteiger partial charge >= 0.3 is 11.9 Å². The molecule has 0 aromatic heterocycles. The number of unbranched alkanes of at least 4 members (excludes halogenated alkanes) is 37. The van der Waals surface area contributed by atoms with Crippen LogP contribution in [0.5, 0.6) is 0 Å². The third kappa shape index (κ3) is 79.1. The van der Waals surface area contributed by atoms with Crippen molar-refractivity contribution < 1.29 is 42.1 Å². The minimum Gasteiger partial charge on any atom is -0.756 e. The second-order valence-corrected chi connectivity index (χ2v) is 29.1. The summed E-state index contributed by atoms with van der Waals surface area (Å²) in [6, 6.07) is 0. The molecule has 0 spiro atoms. The van der Waals surface area contributed by atoms with Gasteiger partial charge in [-0.2, -0.15) is 0 Å². The second kappa shape index (κ2) is 75.4. The molecule has 0 aliphatic carbocycles. The number of nitrogens with zero attached hydrogens (tertiary/aromatic N) is 1. The zero-order valence-electron chi connectivity index (χ0n) is 63.0. The number of allylic oxidation sites excluding steroid dienone is 22. The maximum absolute atomic E-state index is 12.9. The van der Waals surface area contributed by atoms with Crippen molar-refractivity contribution in [3.05, 3.63) is 134 Å². The van der Waals surface area contributed by atoms with Crippen molar-refractivity contribution in [2.45, 2.75) is 354 Å². The first kappa shape index (κ1) is 92.2. The van der Waals surface area contributed by atoms with E-state index in [1.807, 2.05) is 21.1 Å². The molecule has 0 bridgehead atoms. The van der Waals surface area contributed by atoms with E-state index in [9.17, 15) is 19.0 Å². The number of rotatable bonds is 73. The summed E-state index contributed by atoms with van der Waals surface area (Å²) >= 11 is 0. The predicted molar refractivity (Wildman–Crippen MR) is 415 cm³/mol. The van der Waals surface area contributed by atoms with E-state index in [2.05, 4.69) is 148 Å². The van der Waals surface area contributed by atoms with Gasteiger partial charge in [-0.1, -0.05) is 359 Å². The van der Waals surface area contributed by atoms with Gasteiger partial charge in [-0.25, -0.2) is 0 Å². The van der Waals surface area contributed by atoms with E-state index < -0.39 is 26.5 Å². The van der Waals surface area contributed by atoms with Crippen LogP contribution in [0.3, 0.4) is 0 Å². The molecular weight excluding hydrogens is 1210 g/mol. The Hall–Kier alpha value is -3.85. The molecule has 0 aliphatic rings. The number of carbonyl (C=O) groups excluding carboxylic acids is 2. The molecule has 552 valence electrons. The highest BCUT2D eigenvalue weighted by atomic mass is 31.2. The minimum atomic E-state index is -4.65. The van der Waals surface area contributed by atoms with Crippen molar-refractivity contribution in [1.29, 1.82) is 0 Å². The lowest BCUT2D eigenvalue weighted by atomic mass is 10.0. The SMILES string of the molecule is CC/C=C\C/C=C\C/C=C\C/C=C\C/C=C\C/C=C\C/C=C\CCCCCCCCCCCC(=O)OC(COC(=O)CCCCCCCCCCCCCCCCCCCCCCCCCCCCCC/C=C\C/C=C\C/C=C\C/C=C\CC)COP(=O)([O-])OCC[N+](C)(C)C. The fourth-order valence-electron chi connectivity index (χ4n) is 11.2. The Bertz CT molecular complexity index is 2090. The first-order valence-corrected chi connectivity index (χ1v) is 41.4. The number of hydrogen-bond donors (Lipinski definition) is 0. The number of hydrogen-bond acceptors (Lipinski definition) is 8. The van der Waals surface area contributed by atoms with Gasteiger partial charge in [-0.3, -0.25) is 14.2 Å². The van der Waals surface area contributed by atoms with Gasteiger partial charge in [0, 0.05) is 12.8 Å². The summed E-state index contributed by atoms with van der Waals surface area (Å²) in [5.41, 5.74) is 0. The molecule has 0 aliphatic heterocycles. The number of ether oxygens (including phenoxy) is 2. The highest BCUT2D eigenvalue weighted by Gasteiger charge is 2.22. The third-order valence-corrected chi connectivity index (χ3v) is 18.1. The van der Waals surface area contributed by atoms with Crippen LogP contribution in [-0.4, -0.2) is 70.0 Å². The third-order valence-electron chi connectivity index (χ3n) is 17.2. The van der Waals surface area contributed by atoms with Crippen molar-refractivity contribution >= 4 is 19.8 Å². The van der Waals surface area contributed by atoms with Crippen molar-refractivity contribution in [3.63, 3.8) is 0 Å². The summed E-state index contributed by atoms with van der Waals surface area (Å²) < 4.78 is 34.4. The lowest BCUT2D eigenvalue weighted by Crippen LogP contribution is -2.37. The minimum absolute atomic E-state index is 0.0358. The van der Waals surface area contributed by atoms with Gasteiger partial charge in [0.2, 0.25) is 0 Å². The lowest BCUT2D eigenvalue weighted by molar-refractivity contribution is -0.870. The zero-order valence-corrected chi connectivity index (χ0v) is 63.9. The number of quaternary nitrogens is 1. The van der Waals surface area contributed by atoms with Gasteiger partial charge < -0.3 is 27.9 Å². The van der Waals surface area contributed by atoms with Crippen LogP contribution in [0.2, 0.25) is 0 Å². The summed E-state index contributed by atoms with van der Waals surface area (Å²) in [5, 5.41) is 0. The second-order valence-electron chi connectivity index (χ2n) is 27.7. The van der Waals surface area contributed by atoms with Crippen LogP contribution in [-0.2, 0) is 32.7 Å². The molecule has 0 aromatic rings. The van der Waals surface area contributed by atoms with Crippen molar-refractivity contribution in [1.82, 2.24) is 0 Å². The van der Waals surface area contributed by atoms with E-state index in [1.54, 1.807) is 0 Å². The summed E-state index contributed by atoms with van der Waals surface area (Å²) in [5.74, 6) is -0.832. The van der Waals surface area contributed by atoms with Crippen LogP contribution in [0.25, 0.3) is 0 Å². The maximum Gasteiger partial charge on any atom is 0.306 e. The fraction of sp³-hybridized carbons (Fsp3) is 0.721. The van der Waals surface area contributed by atoms with Crippen molar-refractivity contribution in [3.8, 4) is 0 Å². The van der Waals surface area contributed by atoms with Gasteiger partial charge in [0.1, 0.15) is 19.8 Å². The van der Waals surface area contributed by atoms with Gasteiger partial charge in [-0.15, -0.1) is 0 Å². The van der Waals surface area contributed by atoms with Gasteiger partial charge in [0.15, 0.2) is 6.10 Å². The van der Waals surface area contributed by atoms with Crippen LogP contribution < -0.4 is 4.89 Å². The molecule has 2 atom stereocenters. The van der Waals surface area contributed by atoms with Gasteiger partial charge in [0.05, 0.1) is 27.7 Å². The molecule has 0 saturated heterocycles. The zero-order chi connectivity index (χ0) is 69.7. The topological polar surface area (TPSA) is 111 Å². The largest absolute Gasteiger partial charge is 0.756 e. The van der Waals surface area contributed by atoms with Crippen LogP contribution in [0.15, 0.2) is 134 Å². The van der Waals surface area contributed by atoms with E-state index >= 15 is 0 Å². The van der Waals surface area contributed by atoms with Gasteiger partial charge in [-0.05, 0) is 109 Å². The molecule has 2 unspecified atom stereocenters. The molecule has 0 N–H and O–H groups in total. The summed E-state index contributed by atoms with van der Waals surface area (Å²) in [6.07, 6.45) is 110. The Labute approximate surface area is 593 Å². The van der Waals surface area contributed by atoms with Gasteiger partial charge in [0.25, 0.3) is 7.82 Å². The molecule has 0 radical (unpaired) electrons.